The molecule has 2 aromatic rings. The van der Waals surface area contributed by atoms with E-state index >= 15 is 0 Å². The number of hydrogen-bond acceptors (Lipinski definition) is 11. The van der Waals surface area contributed by atoms with Crippen LogP contribution in [0.3, 0.4) is 0 Å². The van der Waals surface area contributed by atoms with Crippen LogP contribution in [0, 0.1) is 11.3 Å². The third-order valence-corrected chi connectivity index (χ3v) is 10.8. The average Bonchev–Trinajstić information content (AvgIpc) is 3.91. The Balaban J connectivity index is 1.39. The lowest BCUT2D eigenvalue weighted by Gasteiger charge is -2.36. The molecule has 282 valence electrons. The molecule has 5 amide bonds. The molecule has 0 radical (unpaired) electrons. The van der Waals surface area contributed by atoms with Gasteiger partial charge < -0.3 is 25.0 Å². The minimum atomic E-state index is -3.93. The lowest BCUT2D eigenvalue weighted by Crippen LogP contribution is -2.60. The number of nitrogens with one attached hydrogen (secondary N) is 5. The zero-order chi connectivity index (χ0) is 38.2. The average molecular weight is 743 g/mol. The Hall–Kier alpha value is -5.00. The normalized spacial score (nSPS) is 23.5. The number of ether oxygens (including phenoxy) is 2. The van der Waals surface area contributed by atoms with Crippen LogP contribution in [-0.4, -0.2) is 99.5 Å². The van der Waals surface area contributed by atoms with Gasteiger partial charge in [-0.05, 0) is 57.6 Å². The van der Waals surface area contributed by atoms with E-state index in [-0.39, 0.29) is 19.4 Å². The summed E-state index contributed by atoms with van der Waals surface area (Å²) in [5, 5.41) is 13.9. The molecule has 17 nitrogen and oxygen atoms in total. The van der Waals surface area contributed by atoms with Crippen LogP contribution in [0.5, 0.6) is 0 Å². The molecule has 3 fully saturated rings. The Bertz CT molecular complexity index is 1830. The summed E-state index contributed by atoms with van der Waals surface area (Å²) in [6.45, 7) is 13.7. The summed E-state index contributed by atoms with van der Waals surface area (Å²) in [6.07, 6.45) is 0.820. The van der Waals surface area contributed by atoms with Crippen molar-refractivity contribution in [2.24, 2.45) is 11.3 Å². The van der Waals surface area contributed by atoms with Crippen LogP contribution in [0.1, 0.15) is 67.2 Å². The number of amides is 5. The first-order valence-electron chi connectivity index (χ1n) is 17.0. The van der Waals surface area contributed by atoms with Crippen molar-refractivity contribution in [3.8, 4) is 11.4 Å². The van der Waals surface area contributed by atoms with Crippen LogP contribution < -0.4 is 20.7 Å². The Morgan fingerprint density at radius 1 is 1.08 bits per heavy atom. The fraction of sp³-hybridized carbons (Fsp3) is 0.559. The quantitative estimate of drug-likeness (QED) is 0.210. The largest absolute Gasteiger partial charge is 0.444 e. The first-order chi connectivity index (χ1) is 24.2. The molecule has 0 bridgehead atoms. The van der Waals surface area contributed by atoms with Gasteiger partial charge in [-0.2, -0.15) is 5.10 Å². The first-order valence-corrected chi connectivity index (χ1v) is 18.5. The van der Waals surface area contributed by atoms with Crippen molar-refractivity contribution in [1.29, 1.82) is 0 Å². The van der Waals surface area contributed by atoms with E-state index in [1.54, 1.807) is 65.8 Å². The zero-order valence-electron chi connectivity index (χ0n) is 30.0. The summed E-state index contributed by atoms with van der Waals surface area (Å²) >= 11 is 0. The molecule has 0 spiro atoms. The number of rotatable bonds is 11. The second kappa shape index (κ2) is 14.2. The second-order valence-corrected chi connectivity index (χ2v) is 17.4. The predicted molar refractivity (Wildman–Crippen MR) is 188 cm³/mol. The molecular formula is C34H46N8O9S. The highest BCUT2D eigenvalue weighted by Crippen LogP contribution is 2.45. The molecule has 18 heteroatoms. The van der Waals surface area contributed by atoms with E-state index in [1.807, 2.05) is 0 Å². The number of anilines is 1. The fourth-order valence-corrected chi connectivity index (χ4v) is 7.42. The van der Waals surface area contributed by atoms with E-state index in [2.05, 4.69) is 42.4 Å². The van der Waals surface area contributed by atoms with Gasteiger partial charge in [-0.15, -0.1) is 6.58 Å². The fourth-order valence-electron chi connectivity index (χ4n) is 6.06. The van der Waals surface area contributed by atoms with Crippen molar-refractivity contribution in [3.63, 3.8) is 0 Å². The van der Waals surface area contributed by atoms with Crippen LogP contribution in [0.2, 0.25) is 0 Å². The molecule has 1 aromatic heterocycles. The third-order valence-electron chi connectivity index (χ3n) is 8.98. The molecule has 1 aliphatic heterocycles. The Morgan fingerprint density at radius 2 is 1.77 bits per heavy atom. The molecule has 5 unspecified atom stereocenters. The smallest absolute Gasteiger partial charge is 0.411 e. The van der Waals surface area contributed by atoms with Crippen LogP contribution in [-0.2, 0) is 33.9 Å². The molecule has 3 aliphatic rings. The number of para-hydroxylation sites is 1. The summed E-state index contributed by atoms with van der Waals surface area (Å²) in [7, 11) is -3.93. The molecule has 5 atom stereocenters. The highest BCUT2D eigenvalue weighted by atomic mass is 32.2. The molecule has 1 aromatic carbocycles. The summed E-state index contributed by atoms with van der Waals surface area (Å²) < 4.78 is 38.5. The Kier molecular flexibility index (Phi) is 10.4. The van der Waals surface area contributed by atoms with Gasteiger partial charge in [0.15, 0.2) is 5.82 Å². The standard InChI is InChI=1S/C34H46N8O9S/c1-8-19-16-34(19,29(45)41-52(48,49)21-13-14-21)39-27(43)24-15-20(50-30(46)37-23-12-10-9-11-22(23)26-35-18-36-40-26)17-42(24)28(44)25(32(2,3)4)38-31(47)51-33(5,6)7/h8-12,18-21,24-25H,1,13-17H2,2-7H3,(H,37,46)(H,38,47)(H,39,43)(H,41,45)(H,35,36,40). The Morgan fingerprint density at radius 3 is 2.35 bits per heavy atom. The molecule has 2 heterocycles. The van der Waals surface area contributed by atoms with Crippen LogP contribution in [0.4, 0.5) is 15.3 Å². The van der Waals surface area contributed by atoms with Gasteiger partial charge in [0.1, 0.15) is 35.7 Å². The van der Waals surface area contributed by atoms with Crippen LogP contribution >= 0.6 is 0 Å². The molecule has 1 saturated heterocycles. The summed E-state index contributed by atoms with van der Waals surface area (Å²) in [4.78, 5) is 73.3. The van der Waals surface area contributed by atoms with E-state index in [0.717, 1.165) is 0 Å². The number of H-pyrrole nitrogens is 1. The van der Waals surface area contributed by atoms with Crippen molar-refractivity contribution < 1.29 is 41.9 Å². The minimum Gasteiger partial charge on any atom is -0.444 e. The second-order valence-electron chi connectivity index (χ2n) is 15.4. The number of benzene rings is 1. The van der Waals surface area contributed by atoms with Gasteiger partial charge in [0.05, 0.1) is 17.5 Å². The van der Waals surface area contributed by atoms with Crippen molar-refractivity contribution in [3.05, 3.63) is 43.2 Å². The van der Waals surface area contributed by atoms with Gasteiger partial charge in [0.25, 0.3) is 5.91 Å². The summed E-state index contributed by atoms with van der Waals surface area (Å²) in [6, 6.07) is 4.32. The van der Waals surface area contributed by atoms with Crippen LogP contribution in [0.15, 0.2) is 43.2 Å². The van der Waals surface area contributed by atoms with E-state index in [4.69, 9.17) is 9.47 Å². The zero-order valence-corrected chi connectivity index (χ0v) is 30.8. The van der Waals surface area contributed by atoms with E-state index in [0.29, 0.717) is 29.9 Å². The Labute approximate surface area is 302 Å². The van der Waals surface area contributed by atoms with Gasteiger partial charge in [0, 0.05) is 17.9 Å². The highest BCUT2D eigenvalue weighted by molar-refractivity contribution is 7.91. The molecule has 2 aliphatic carbocycles. The summed E-state index contributed by atoms with van der Waals surface area (Å²) in [5.41, 5.74) is -2.46. The molecular weight excluding hydrogens is 696 g/mol. The van der Waals surface area contributed by atoms with Gasteiger partial charge >= 0.3 is 12.2 Å². The maximum absolute atomic E-state index is 14.3. The minimum absolute atomic E-state index is 0.0900. The van der Waals surface area contributed by atoms with E-state index in [9.17, 15) is 32.4 Å². The lowest BCUT2D eigenvalue weighted by molar-refractivity contribution is -0.143. The van der Waals surface area contributed by atoms with Crippen molar-refractivity contribution in [1.82, 2.24) is 35.4 Å². The van der Waals surface area contributed by atoms with Gasteiger partial charge in [-0.1, -0.05) is 39.0 Å². The number of aromatic amines is 1. The number of nitrogens with zero attached hydrogens (tertiary/aromatic N) is 3. The first kappa shape index (κ1) is 38.2. The van der Waals surface area contributed by atoms with Crippen molar-refractivity contribution in [2.75, 3.05) is 11.9 Å². The number of carbonyl (C=O) groups is 5. The summed E-state index contributed by atoms with van der Waals surface area (Å²) in [5.74, 6) is -2.51. The third kappa shape index (κ3) is 8.71. The van der Waals surface area contributed by atoms with Gasteiger partial charge in [-0.3, -0.25) is 29.5 Å². The molecule has 2 saturated carbocycles. The number of aromatic nitrogens is 3. The molecule has 52 heavy (non-hydrogen) atoms. The maximum atomic E-state index is 14.3. The number of carbonyl (C=O) groups excluding carboxylic acids is 5. The van der Waals surface area contributed by atoms with E-state index < -0.39 is 85.8 Å². The molecule has 5 N–H and O–H groups in total. The highest BCUT2D eigenvalue weighted by Gasteiger charge is 2.62. The van der Waals surface area contributed by atoms with E-state index in [1.165, 1.54) is 17.3 Å². The van der Waals surface area contributed by atoms with Crippen molar-refractivity contribution >= 4 is 45.6 Å². The SMILES string of the molecule is C=CC1CC1(NC(=O)C1CC(OC(=O)Nc2ccccc2-c2ncn[nH]2)CN1C(=O)C(NC(=O)OC(C)(C)C)C(C)(C)C)C(=O)NS(=O)(=O)C1CC1. The maximum Gasteiger partial charge on any atom is 0.411 e. The number of alkyl carbamates (subject to hydrolysis) is 1. The number of hydrogen-bond donors (Lipinski definition) is 5. The topological polar surface area (TPSA) is 231 Å². The lowest BCUT2D eigenvalue weighted by atomic mass is 9.85. The van der Waals surface area contributed by atoms with Crippen LogP contribution in [0.25, 0.3) is 11.4 Å². The number of sulfonamides is 1. The van der Waals surface area contributed by atoms with Crippen molar-refractivity contribution in [2.45, 2.75) is 102 Å². The van der Waals surface area contributed by atoms with Gasteiger partial charge in [0.2, 0.25) is 21.8 Å². The molecule has 5 rings (SSSR count). The predicted octanol–water partition coefficient (Wildman–Crippen LogP) is 2.60. The monoisotopic (exact) mass is 742 g/mol. The number of likely N-dealkylation sites (tertiary alicyclic amines) is 1. The van der Waals surface area contributed by atoms with Gasteiger partial charge in [-0.25, -0.2) is 23.0 Å².